The fourth-order valence-electron chi connectivity index (χ4n) is 1.73. The van der Waals surface area contributed by atoms with Crippen molar-refractivity contribution in [1.82, 2.24) is 10.1 Å². The second-order valence-corrected chi connectivity index (χ2v) is 4.50. The molecule has 0 spiro atoms. The van der Waals surface area contributed by atoms with Crippen LogP contribution in [0, 0.1) is 0 Å². The summed E-state index contributed by atoms with van der Waals surface area (Å²) in [5.41, 5.74) is 0. The Morgan fingerprint density at radius 1 is 1.35 bits per heavy atom. The van der Waals surface area contributed by atoms with E-state index in [4.69, 9.17) is 9.26 Å². The van der Waals surface area contributed by atoms with E-state index in [1.54, 1.807) is 6.92 Å². The molecule has 5 nitrogen and oxygen atoms in total. The first-order valence-corrected chi connectivity index (χ1v) is 6.51. The van der Waals surface area contributed by atoms with Crippen molar-refractivity contribution >= 4 is 0 Å². The van der Waals surface area contributed by atoms with Crippen LogP contribution in [0.15, 0.2) is 4.52 Å². The smallest absolute Gasteiger partial charge is 0.383 e. The van der Waals surface area contributed by atoms with E-state index in [0.29, 0.717) is 13.0 Å². The Kier molecular flexibility index (Phi) is 5.94. The molecule has 0 aliphatic heterocycles. The van der Waals surface area contributed by atoms with E-state index in [1.165, 1.54) is 6.92 Å². The number of aliphatic hydroxyl groups excluding tert-OH is 1. The molecular weight excluding hydrogens is 277 g/mol. The fourth-order valence-corrected chi connectivity index (χ4v) is 1.73. The fraction of sp³-hybridized carbons (Fsp3) is 0.833. The maximum absolute atomic E-state index is 12.4. The molecule has 1 aromatic rings. The molecule has 8 heteroatoms. The minimum Gasteiger partial charge on any atom is -0.383 e. The van der Waals surface area contributed by atoms with E-state index in [1.807, 2.05) is 6.92 Å². The molecule has 0 saturated heterocycles. The predicted octanol–water partition coefficient (Wildman–Crippen LogP) is 2.97. The first-order chi connectivity index (χ1) is 9.31. The molecule has 0 aliphatic rings. The van der Waals surface area contributed by atoms with Crippen molar-refractivity contribution < 1.29 is 27.5 Å². The Labute approximate surface area is 115 Å². The summed E-state index contributed by atoms with van der Waals surface area (Å²) >= 11 is 0. The normalized spacial score (nSPS) is 16.9. The van der Waals surface area contributed by atoms with Crippen LogP contribution in [0.1, 0.15) is 57.3 Å². The zero-order chi connectivity index (χ0) is 15.3. The van der Waals surface area contributed by atoms with Crippen molar-refractivity contribution in [1.29, 1.82) is 0 Å². The van der Waals surface area contributed by atoms with Crippen molar-refractivity contribution in [2.45, 2.75) is 57.9 Å². The SMILES string of the molecule is CCCC(OCC)c1noc(C(C)C(O)C(F)(F)F)n1. The molecule has 1 rings (SSSR count). The van der Waals surface area contributed by atoms with E-state index < -0.39 is 24.3 Å². The highest BCUT2D eigenvalue weighted by molar-refractivity contribution is 4.99. The lowest BCUT2D eigenvalue weighted by Gasteiger charge is -2.18. The van der Waals surface area contributed by atoms with Crippen molar-refractivity contribution in [2.75, 3.05) is 6.61 Å². The summed E-state index contributed by atoms with van der Waals surface area (Å²) in [6, 6.07) is 0. The molecule has 3 unspecified atom stereocenters. The number of halogens is 3. The molecule has 0 aliphatic carbocycles. The third-order valence-corrected chi connectivity index (χ3v) is 2.86. The second kappa shape index (κ2) is 7.03. The highest BCUT2D eigenvalue weighted by atomic mass is 19.4. The molecule has 0 aromatic carbocycles. The summed E-state index contributed by atoms with van der Waals surface area (Å²) in [5.74, 6) is -1.35. The molecule has 116 valence electrons. The summed E-state index contributed by atoms with van der Waals surface area (Å²) in [5, 5.41) is 12.8. The van der Waals surface area contributed by atoms with Gasteiger partial charge in [-0.2, -0.15) is 18.2 Å². The Hall–Kier alpha value is -1.15. The second-order valence-electron chi connectivity index (χ2n) is 4.50. The molecule has 0 bridgehead atoms. The molecule has 0 amide bonds. The Morgan fingerprint density at radius 2 is 2.00 bits per heavy atom. The van der Waals surface area contributed by atoms with E-state index in [2.05, 4.69) is 10.1 Å². The molecular formula is C12H19F3N2O3. The van der Waals surface area contributed by atoms with Gasteiger partial charge in [-0.05, 0) is 13.3 Å². The third kappa shape index (κ3) is 4.17. The van der Waals surface area contributed by atoms with Crippen LogP contribution >= 0.6 is 0 Å². The lowest BCUT2D eigenvalue weighted by atomic mass is 10.0. The number of hydrogen-bond donors (Lipinski definition) is 1. The molecule has 0 radical (unpaired) electrons. The van der Waals surface area contributed by atoms with Crippen molar-refractivity contribution in [3.63, 3.8) is 0 Å². The van der Waals surface area contributed by atoms with E-state index >= 15 is 0 Å². The highest BCUT2D eigenvalue weighted by Crippen LogP contribution is 2.31. The Balaban J connectivity index is 2.84. The molecule has 1 N–H and O–H groups in total. The van der Waals surface area contributed by atoms with Gasteiger partial charge in [0.25, 0.3) is 0 Å². The van der Waals surface area contributed by atoms with Crippen LogP contribution < -0.4 is 0 Å². The van der Waals surface area contributed by atoms with Gasteiger partial charge in [0.15, 0.2) is 6.10 Å². The van der Waals surface area contributed by atoms with Crippen LogP contribution in [0.2, 0.25) is 0 Å². The number of alkyl halides is 3. The summed E-state index contributed by atoms with van der Waals surface area (Å²) < 4.78 is 47.5. The number of hydrogen-bond acceptors (Lipinski definition) is 5. The van der Waals surface area contributed by atoms with Crippen molar-refractivity contribution in [2.24, 2.45) is 0 Å². The first kappa shape index (κ1) is 16.9. The van der Waals surface area contributed by atoms with Crippen LogP contribution in [-0.4, -0.2) is 34.1 Å². The van der Waals surface area contributed by atoms with Crippen LogP contribution in [0.5, 0.6) is 0 Å². The zero-order valence-corrected chi connectivity index (χ0v) is 11.6. The molecule has 0 fully saturated rings. The minimum absolute atomic E-state index is 0.213. The minimum atomic E-state index is -4.73. The zero-order valence-electron chi connectivity index (χ0n) is 11.6. The number of rotatable bonds is 7. The van der Waals surface area contributed by atoms with Gasteiger partial charge in [-0.15, -0.1) is 0 Å². The van der Waals surface area contributed by atoms with Gasteiger partial charge >= 0.3 is 6.18 Å². The van der Waals surface area contributed by atoms with Crippen molar-refractivity contribution in [3.8, 4) is 0 Å². The number of aromatic nitrogens is 2. The number of aliphatic hydroxyl groups is 1. The van der Waals surface area contributed by atoms with Gasteiger partial charge in [-0.25, -0.2) is 0 Å². The quantitative estimate of drug-likeness (QED) is 0.837. The average molecular weight is 296 g/mol. The predicted molar refractivity (Wildman–Crippen MR) is 64.0 cm³/mol. The average Bonchev–Trinajstić information content (AvgIpc) is 2.85. The van der Waals surface area contributed by atoms with E-state index in [9.17, 15) is 18.3 Å². The summed E-state index contributed by atoms with van der Waals surface area (Å²) in [6.45, 7) is 5.38. The Morgan fingerprint density at radius 3 is 2.50 bits per heavy atom. The van der Waals surface area contributed by atoms with Crippen molar-refractivity contribution in [3.05, 3.63) is 11.7 Å². The highest BCUT2D eigenvalue weighted by Gasteiger charge is 2.44. The summed E-state index contributed by atoms with van der Waals surface area (Å²) in [6.07, 6.45) is -6.21. The summed E-state index contributed by atoms with van der Waals surface area (Å²) in [4.78, 5) is 3.92. The maximum atomic E-state index is 12.4. The van der Waals surface area contributed by atoms with Gasteiger partial charge in [0.1, 0.15) is 6.10 Å². The standard InChI is InChI=1S/C12H19F3N2O3/c1-4-6-8(19-5-2)10-16-11(20-17-10)7(3)9(18)12(13,14)15/h7-9,18H,4-6H2,1-3H3. The van der Waals surface area contributed by atoms with Crippen LogP contribution in [-0.2, 0) is 4.74 Å². The molecule has 3 atom stereocenters. The van der Waals surface area contributed by atoms with Crippen LogP contribution in [0.4, 0.5) is 13.2 Å². The van der Waals surface area contributed by atoms with E-state index in [-0.39, 0.29) is 11.7 Å². The van der Waals surface area contributed by atoms with Crippen LogP contribution in [0.25, 0.3) is 0 Å². The number of ether oxygens (including phenoxy) is 1. The van der Waals surface area contributed by atoms with Gasteiger partial charge in [0.2, 0.25) is 11.7 Å². The molecule has 20 heavy (non-hydrogen) atoms. The maximum Gasteiger partial charge on any atom is 0.415 e. The molecule has 1 heterocycles. The molecule has 1 aromatic heterocycles. The Bertz CT molecular complexity index is 403. The monoisotopic (exact) mass is 296 g/mol. The van der Waals surface area contributed by atoms with Gasteiger partial charge in [0, 0.05) is 6.61 Å². The molecule has 0 saturated carbocycles. The van der Waals surface area contributed by atoms with Gasteiger partial charge in [-0.1, -0.05) is 25.4 Å². The van der Waals surface area contributed by atoms with Gasteiger partial charge in [0.05, 0.1) is 5.92 Å². The topological polar surface area (TPSA) is 68.4 Å². The van der Waals surface area contributed by atoms with Crippen LogP contribution in [0.3, 0.4) is 0 Å². The lowest BCUT2D eigenvalue weighted by Crippen LogP contribution is -2.33. The number of nitrogens with zero attached hydrogens (tertiary/aromatic N) is 2. The third-order valence-electron chi connectivity index (χ3n) is 2.86. The van der Waals surface area contributed by atoms with Gasteiger partial charge < -0.3 is 14.4 Å². The van der Waals surface area contributed by atoms with E-state index in [0.717, 1.165) is 6.42 Å². The van der Waals surface area contributed by atoms with Gasteiger partial charge in [-0.3, -0.25) is 0 Å². The first-order valence-electron chi connectivity index (χ1n) is 6.51. The lowest BCUT2D eigenvalue weighted by molar-refractivity contribution is -0.210. The summed E-state index contributed by atoms with van der Waals surface area (Å²) in [7, 11) is 0. The largest absolute Gasteiger partial charge is 0.415 e.